The van der Waals surface area contributed by atoms with Crippen LogP contribution >= 0.6 is 0 Å². The van der Waals surface area contributed by atoms with E-state index in [1.54, 1.807) is 0 Å². The zero-order valence-corrected chi connectivity index (χ0v) is 33.2. The second kappa shape index (κ2) is 15.6. The molecule has 0 bridgehead atoms. The van der Waals surface area contributed by atoms with Crippen molar-refractivity contribution < 1.29 is 0 Å². The summed E-state index contributed by atoms with van der Waals surface area (Å²) in [5.41, 5.74) is 18.0. The molecule has 4 heteroatoms. The summed E-state index contributed by atoms with van der Waals surface area (Å²) in [5.74, 6) is 1.94. The van der Waals surface area contributed by atoms with E-state index in [4.69, 9.17) is 19.9 Å². The number of nitrogens with zero attached hydrogens (tertiary/aromatic N) is 4. The Morgan fingerprint density at radius 2 is 0.721 bits per heavy atom. The fraction of sp³-hybridized carbons (Fsp3) is 0.0175. The number of rotatable bonds is 8. The van der Waals surface area contributed by atoms with E-state index in [0.29, 0.717) is 17.5 Å². The van der Waals surface area contributed by atoms with Crippen molar-refractivity contribution in [3.8, 4) is 56.4 Å². The van der Waals surface area contributed by atoms with Crippen LogP contribution in [-0.4, -0.2) is 26.7 Å². The van der Waals surface area contributed by atoms with Crippen molar-refractivity contribution in [2.75, 3.05) is 0 Å². The normalized spacial score (nSPS) is 14.2. The van der Waals surface area contributed by atoms with Crippen molar-refractivity contribution in [3.63, 3.8) is 0 Å². The number of hydrogen-bond acceptors (Lipinski definition) is 4. The van der Waals surface area contributed by atoms with Gasteiger partial charge in [0.2, 0.25) is 0 Å². The van der Waals surface area contributed by atoms with Crippen molar-refractivity contribution in [3.05, 3.63) is 246 Å². The molecule has 2 heterocycles. The largest absolute Gasteiger partial charge is 0.271 e. The second-order valence-corrected chi connectivity index (χ2v) is 15.4. The van der Waals surface area contributed by atoms with E-state index in [1.165, 1.54) is 39.0 Å². The van der Waals surface area contributed by atoms with Gasteiger partial charge in [0.15, 0.2) is 17.5 Å². The van der Waals surface area contributed by atoms with Gasteiger partial charge in [0.05, 0.1) is 5.71 Å². The molecule has 0 spiro atoms. The van der Waals surface area contributed by atoms with E-state index in [-0.39, 0.29) is 6.04 Å². The lowest BCUT2D eigenvalue weighted by Gasteiger charge is -2.26. The summed E-state index contributed by atoms with van der Waals surface area (Å²) < 4.78 is 0. The summed E-state index contributed by atoms with van der Waals surface area (Å²) in [6, 6.07) is 76.4. The highest BCUT2D eigenvalue weighted by Gasteiger charge is 2.37. The molecule has 8 aromatic carbocycles. The monoisotopic (exact) mass is 778 g/mol. The summed E-state index contributed by atoms with van der Waals surface area (Å²) in [5, 5.41) is 0. The third-order valence-electron chi connectivity index (χ3n) is 11.6. The predicted molar refractivity (Wildman–Crippen MR) is 251 cm³/mol. The molecule has 4 nitrogen and oxygen atoms in total. The zero-order valence-electron chi connectivity index (χ0n) is 33.2. The average molecular weight is 779 g/mol. The van der Waals surface area contributed by atoms with Gasteiger partial charge in [-0.2, -0.15) is 0 Å². The molecule has 2 aliphatic rings. The molecule has 0 saturated heterocycles. The minimum atomic E-state index is -0.120. The number of fused-ring (bicyclic) bond motifs is 3. The first-order chi connectivity index (χ1) is 30.2. The highest BCUT2D eigenvalue weighted by molar-refractivity contribution is 6.41. The highest BCUT2D eigenvalue weighted by Crippen LogP contribution is 2.49. The molecule has 0 radical (unpaired) electrons. The predicted octanol–water partition coefficient (Wildman–Crippen LogP) is 13.5. The Morgan fingerprint density at radius 1 is 0.311 bits per heavy atom. The van der Waals surface area contributed by atoms with Gasteiger partial charge in [-0.1, -0.05) is 206 Å². The minimum Gasteiger partial charge on any atom is -0.271 e. The van der Waals surface area contributed by atoms with Gasteiger partial charge in [0.25, 0.3) is 0 Å². The van der Waals surface area contributed by atoms with Gasteiger partial charge in [-0.25, -0.2) is 15.0 Å². The van der Waals surface area contributed by atoms with E-state index >= 15 is 0 Å². The van der Waals surface area contributed by atoms with Gasteiger partial charge >= 0.3 is 0 Å². The van der Waals surface area contributed by atoms with Crippen molar-refractivity contribution in [2.45, 2.75) is 6.04 Å². The van der Waals surface area contributed by atoms with Crippen LogP contribution < -0.4 is 0 Å². The summed E-state index contributed by atoms with van der Waals surface area (Å²) in [4.78, 5) is 20.3. The molecule has 1 aromatic heterocycles. The Hall–Kier alpha value is -8.08. The van der Waals surface area contributed by atoms with Crippen molar-refractivity contribution in [1.29, 1.82) is 0 Å². The lowest BCUT2D eigenvalue weighted by molar-refractivity contribution is 1.07. The fourth-order valence-electron chi connectivity index (χ4n) is 8.59. The quantitative estimate of drug-likeness (QED) is 0.154. The Balaban J connectivity index is 0.974. The minimum absolute atomic E-state index is 0.120. The number of aromatic nitrogens is 3. The standard InChI is InChI=1S/C57H38N4/c1-6-17-39(18-7-1)50-37-48-36-47(33-34-49(48)52-51(40-19-8-2-9-20-40)53(58-54(50)52)41-21-10-3-11-22-41)46-28-16-27-45(35-46)38-29-31-44(32-30-38)57-60-55(42-23-12-4-13-24-42)59-56(61-57)43-25-14-5-15-26-43/h1-37,54H. The van der Waals surface area contributed by atoms with E-state index in [1.807, 2.05) is 60.7 Å². The molecule has 0 amide bonds. The first-order valence-electron chi connectivity index (χ1n) is 20.7. The van der Waals surface area contributed by atoms with Crippen LogP contribution in [0.15, 0.2) is 223 Å². The Bertz CT molecular complexity index is 3080. The van der Waals surface area contributed by atoms with Gasteiger partial charge in [0, 0.05) is 27.8 Å². The van der Waals surface area contributed by atoms with Gasteiger partial charge in [0.1, 0.15) is 6.04 Å². The molecule has 0 fully saturated rings. The van der Waals surface area contributed by atoms with Crippen LogP contribution in [0.4, 0.5) is 0 Å². The van der Waals surface area contributed by atoms with Gasteiger partial charge < -0.3 is 0 Å². The van der Waals surface area contributed by atoms with Crippen molar-refractivity contribution >= 4 is 28.5 Å². The lowest BCUT2D eigenvalue weighted by atomic mass is 9.78. The molecule has 1 aliphatic heterocycles. The summed E-state index contributed by atoms with van der Waals surface area (Å²) in [6.07, 6.45) is 2.36. The Kier molecular flexibility index (Phi) is 9.21. The molecule has 0 N–H and O–H groups in total. The molecular weight excluding hydrogens is 741 g/mol. The fourth-order valence-corrected chi connectivity index (χ4v) is 8.59. The molecule has 286 valence electrons. The molecular formula is C57H38N4. The molecule has 0 saturated carbocycles. The first kappa shape index (κ1) is 36.0. The van der Waals surface area contributed by atoms with Gasteiger partial charge in [-0.3, -0.25) is 4.99 Å². The van der Waals surface area contributed by atoms with E-state index in [9.17, 15) is 0 Å². The molecule has 1 aliphatic carbocycles. The third-order valence-corrected chi connectivity index (χ3v) is 11.6. The maximum Gasteiger partial charge on any atom is 0.164 e. The van der Waals surface area contributed by atoms with Gasteiger partial charge in [-0.15, -0.1) is 0 Å². The molecule has 9 aromatic rings. The van der Waals surface area contributed by atoms with Crippen LogP contribution in [-0.2, 0) is 0 Å². The molecule has 1 unspecified atom stereocenters. The topological polar surface area (TPSA) is 51.0 Å². The summed E-state index contributed by atoms with van der Waals surface area (Å²) in [6.45, 7) is 0. The SMILES string of the molecule is C1=C(c2ccccc2)C2N=C(c3ccccc3)C(c3ccccc3)=C2c2ccc(-c3cccc(-c4ccc(-c5nc(-c6ccccc6)nc(-c6ccccc6)n5)cc4)c3)cc21. The lowest BCUT2D eigenvalue weighted by Crippen LogP contribution is -2.13. The second-order valence-electron chi connectivity index (χ2n) is 15.4. The molecule has 11 rings (SSSR count). The van der Waals surface area contributed by atoms with Crippen LogP contribution in [0.1, 0.15) is 27.8 Å². The average Bonchev–Trinajstić information content (AvgIpc) is 3.76. The van der Waals surface area contributed by atoms with Crippen LogP contribution in [0.2, 0.25) is 0 Å². The number of allylic oxidation sites excluding steroid dienone is 1. The summed E-state index contributed by atoms with van der Waals surface area (Å²) >= 11 is 0. The van der Waals surface area contributed by atoms with E-state index < -0.39 is 0 Å². The van der Waals surface area contributed by atoms with Crippen LogP contribution in [0.25, 0.3) is 79.2 Å². The van der Waals surface area contributed by atoms with Crippen LogP contribution in [0.3, 0.4) is 0 Å². The number of hydrogen-bond donors (Lipinski definition) is 0. The molecule has 1 atom stereocenters. The smallest absolute Gasteiger partial charge is 0.164 e. The maximum atomic E-state index is 5.55. The highest BCUT2D eigenvalue weighted by atomic mass is 15.0. The van der Waals surface area contributed by atoms with E-state index in [0.717, 1.165) is 50.2 Å². The van der Waals surface area contributed by atoms with Crippen LogP contribution in [0, 0.1) is 0 Å². The first-order valence-corrected chi connectivity index (χ1v) is 20.7. The Labute approximate surface area is 355 Å². The number of benzene rings is 8. The van der Waals surface area contributed by atoms with Crippen LogP contribution in [0.5, 0.6) is 0 Å². The summed E-state index contributed by atoms with van der Waals surface area (Å²) in [7, 11) is 0. The van der Waals surface area contributed by atoms with E-state index in [2.05, 4.69) is 164 Å². The number of aliphatic imine (C=N–C) groups is 1. The van der Waals surface area contributed by atoms with Crippen molar-refractivity contribution in [1.82, 2.24) is 15.0 Å². The Morgan fingerprint density at radius 3 is 1.28 bits per heavy atom. The maximum absolute atomic E-state index is 5.55. The molecule has 61 heavy (non-hydrogen) atoms. The zero-order chi connectivity index (χ0) is 40.5. The van der Waals surface area contributed by atoms with Crippen molar-refractivity contribution in [2.24, 2.45) is 4.99 Å². The third kappa shape index (κ3) is 6.90. The van der Waals surface area contributed by atoms with Gasteiger partial charge in [-0.05, 0) is 73.9 Å².